The third-order valence-corrected chi connectivity index (χ3v) is 4.11. The molecule has 0 unspecified atom stereocenters. The summed E-state index contributed by atoms with van der Waals surface area (Å²) >= 11 is 0. The predicted molar refractivity (Wildman–Crippen MR) is 97.3 cm³/mol. The molecule has 1 aromatic heterocycles. The smallest absolute Gasteiger partial charge is 0.418 e. The molecule has 12 heteroatoms. The molecule has 1 amide bonds. The van der Waals surface area contributed by atoms with Gasteiger partial charge in [0.2, 0.25) is 0 Å². The number of alkyl halides is 3. The number of amides is 1. The molecule has 2 rings (SSSR count). The van der Waals surface area contributed by atoms with Gasteiger partial charge >= 0.3 is 18.2 Å². The Bertz CT molecular complexity index is 905. The summed E-state index contributed by atoms with van der Waals surface area (Å²) in [5.41, 5.74) is -3.43. The Morgan fingerprint density at radius 3 is 2.40 bits per heavy atom. The lowest BCUT2D eigenvalue weighted by Crippen LogP contribution is -2.42. The van der Waals surface area contributed by atoms with E-state index < -0.39 is 40.0 Å². The van der Waals surface area contributed by atoms with E-state index >= 15 is 0 Å². The summed E-state index contributed by atoms with van der Waals surface area (Å²) in [7, 11) is 1.08. The van der Waals surface area contributed by atoms with Crippen molar-refractivity contribution in [1.29, 1.82) is 0 Å². The number of carbonyl (C=O) groups excluding carboxylic acids is 2. The van der Waals surface area contributed by atoms with Gasteiger partial charge < -0.3 is 14.4 Å². The van der Waals surface area contributed by atoms with Crippen molar-refractivity contribution in [2.45, 2.75) is 39.0 Å². The highest BCUT2D eigenvalue weighted by molar-refractivity contribution is 5.99. The van der Waals surface area contributed by atoms with Gasteiger partial charge in [0.05, 0.1) is 29.7 Å². The maximum Gasteiger partial charge on any atom is 0.418 e. The summed E-state index contributed by atoms with van der Waals surface area (Å²) in [5, 5.41) is 11.4. The summed E-state index contributed by atoms with van der Waals surface area (Å²) in [4.78, 5) is 39.8. The minimum absolute atomic E-state index is 0.0184. The summed E-state index contributed by atoms with van der Waals surface area (Å²) in [6.07, 6.45) is -5.14. The third-order valence-electron chi connectivity index (χ3n) is 4.11. The first kappa shape index (κ1) is 23.1. The number of nitro groups is 1. The van der Waals surface area contributed by atoms with Crippen LogP contribution in [-0.4, -0.2) is 52.7 Å². The largest absolute Gasteiger partial charge is 0.466 e. The maximum atomic E-state index is 12.9. The molecule has 0 atom stereocenters. The second-order valence-electron chi connectivity index (χ2n) is 7.45. The lowest BCUT2D eigenvalue weighted by molar-refractivity contribution is -0.385. The molecule has 1 aromatic rings. The van der Waals surface area contributed by atoms with E-state index in [1.165, 1.54) is 4.90 Å². The van der Waals surface area contributed by atoms with Crippen LogP contribution in [0.4, 0.5) is 23.7 Å². The third kappa shape index (κ3) is 5.24. The minimum Gasteiger partial charge on any atom is -0.466 e. The fourth-order valence-corrected chi connectivity index (χ4v) is 2.80. The van der Waals surface area contributed by atoms with E-state index in [0.29, 0.717) is 12.3 Å². The van der Waals surface area contributed by atoms with Gasteiger partial charge in [-0.25, -0.2) is 14.6 Å². The number of nitrogens with zero attached hydrogens (tertiary/aromatic N) is 3. The maximum absolute atomic E-state index is 12.9. The molecule has 164 valence electrons. The minimum atomic E-state index is -4.82. The van der Waals surface area contributed by atoms with Crippen molar-refractivity contribution in [3.05, 3.63) is 39.2 Å². The second kappa shape index (κ2) is 8.28. The number of hydrogen-bond acceptors (Lipinski definition) is 7. The fraction of sp³-hybridized carbons (Fsp3) is 0.500. The first-order valence-electron chi connectivity index (χ1n) is 8.75. The Hall–Kier alpha value is -3.18. The summed E-state index contributed by atoms with van der Waals surface area (Å²) < 4.78 is 48.8. The van der Waals surface area contributed by atoms with Crippen LogP contribution >= 0.6 is 0 Å². The van der Waals surface area contributed by atoms with Gasteiger partial charge in [-0.3, -0.25) is 10.1 Å². The highest BCUT2D eigenvalue weighted by atomic mass is 19.4. The quantitative estimate of drug-likeness (QED) is 0.408. The number of rotatable bonds is 3. The highest BCUT2D eigenvalue weighted by Crippen LogP contribution is 2.37. The molecule has 30 heavy (non-hydrogen) atoms. The zero-order chi connectivity index (χ0) is 22.9. The van der Waals surface area contributed by atoms with Crippen molar-refractivity contribution in [2.75, 3.05) is 20.2 Å². The number of esters is 1. The van der Waals surface area contributed by atoms with E-state index in [1.807, 2.05) is 0 Å². The molecular formula is C18H20F3N3O6. The van der Waals surface area contributed by atoms with Crippen molar-refractivity contribution in [1.82, 2.24) is 9.88 Å². The van der Waals surface area contributed by atoms with Gasteiger partial charge in [-0.15, -0.1) is 0 Å². The van der Waals surface area contributed by atoms with Crippen molar-refractivity contribution in [2.24, 2.45) is 0 Å². The number of pyridine rings is 1. The number of ether oxygens (including phenoxy) is 2. The van der Waals surface area contributed by atoms with Crippen molar-refractivity contribution in [3.8, 4) is 0 Å². The molecule has 0 aromatic carbocycles. The van der Waals surface area contributed by atoms with Gasteiger partial charge in [0.25, 0.3) is 5.69 Å². The van der Waals surface area contributed by atoms with Crippen molar-refractivity contribution in [3.63, 3.8) is 0 Å². The van der Waals surface area contributed by atoms with Gasteiger partial charge in [-0.1, -0.05) is 0 Å². The Labute approximate surface area is 169 Å². The average Bonchev–Trinajstić information content (AvgIpc) is 2.64. The second-order valence-corrected chi connectivity index (χ2v) is 7.45. The van der Waals surface area contributed by atoms with E-state index in [1.54, 1.807) is 20.8 Å². The molecular weight excluding hydrogens is 411 g/mol. The molecule has 9 nitrogen and oxygen atoms in total. The van der Waals surface area contributed by atoms with Crippen LogP contribution in [0.25, 0.3) is 5.57 Å². The normalized spacial score (nSPS) is 15.1. The molecule has 0 saturated carbocycles. The number of hydrogen-bond donors (Lipinski definition) is 0. The Kier molecular flexibility index (Phi) is 6.38. The van der Waals surface area contributed by atoms with E-state index in [-0.39, 0.29) is 36.4 Å². The molecule has 0 radical (unpaired) electrons. The summed E-state index contributed by atoms with van der Waals surface area (Å²) in [6.45, 7) is 4.70. The van der Waals surface area contributed by atoms with Gasteiger partial charge in [0.1, 0.15) is 11.3 Å². The summed E-state index contributed by atoms with van der Waals surface area (Å²) in [5.74, 6) is -0.880. The van der Waals surface area contributed by atoms with Gasteiger partial charge in [0.15, 0.2) is 0 Å². The number of aromatic nitrogens is 1. The van der Waals surface area contributed by atoms with Crippen LogP contribution in [0.15, 0.2) is 17.8 Å². The van der Waals surface area contributed by atoms with Crippen LogP contribution in [0.5, 0.6) is 0 Å². The van der Waals surface area contributed by atoms with Crippen LogP contribution in [0.1, 0.15) is 38.4 Å². The summed E-state index contributed by atoms with van der Waals surface area (Å²) in [6, 6.07) is 0.366. The molecule has 1 aliphatic heterocycles. The molecule has 0 spiro atoms. The van der Waals surface area contributed by atoms with Gasteiger partial charge in [-0.05, 0) is 32.8 Å². The topological polar surface area (TPSA) is 112 Å². The standard InChI is InChI=1S/C18H20F3N3O6/c1-17(2,3)30-16(26)23-6-5-11(12(9-23)15(25)29-4)14-13(24(27)28)7-10(8-22-14)18(19,20)21/h7-8H,5-6,9H2,1-4H3. The lowest BCUT2D eigenvalue weighted by atomic mass is 9.95. The van der Waals surface area contributed by atoms with E-state index in [9.17, 15) is 32.9 Å². The number of carbonyl (C=O) groups is 2. The Morgan fingerprint density at radius 1 is 1.27 bits per heavy atom. The van der Waals surface area contributed by atoms with Crippen molar-refractivity contribution < 1.29 is 37.2 Å². The average molecular weight is 431 g/mol. The first-order chi connectivity index (χ1) is 13.7. The molecule has 1 aliphatic rings. The monoisotopic (exact) mass is 431 g/mol. The predicted octanol–water partition coefficient (Wildman–Crippen LogP) is 3.58. The first-order valence-corrected chi connectivity index (χ1v) is 8.75. The number of halogens is 3. The van der Waals surface area contributed by atoms with Crippen LogP contribution in [0, 0.1) is 10.1 Å². The Balaban J connectivity index is 2.54. The SMILES string of the molecule is COC(=O)C1=C(c2ncc(C(F)(F)F)cc2[N+](=O)[O-])CCN(C(=O)OC(C)(C)C)C1. The van der Waals surface area contributed by atoms with Crippen LogP contribution in [-0.2, 0) is 20.4 Å². The molecule has 0 bridgehead atoms. The van der Waals surface area contributed by atoms with E-state index in [2.05, 4.69) is 4.98 Å². The molecule has 0 aliphatic carbocycles. The van der Waals surface area contributed by atoms with E-state index in [4.69, 9.17) is 9.47 Å². The van der Waals surface area contributed by atoms with Gasteiger partial charge in [-0.2, -0.15) is 13.2 Å². The van der Waals surface area contributed by atoms with E-state index in [0.717, 1.165) is 7.11 Å². The molecule has 0 fully saturated rings. The lowest BCUT2D eigenvalue weighted by Gasteiger charge is -2.31. The number of methoxy groups -OCH3 is 1. The fourth-order valence-electron chi connectivity index (χ4n) is 2.80. The van der Waals surface area contributed by atoms with Crippen LogP contribution in [0.3, 0.4) is 0 Å². The van der Waals surface area contributed by atoms with Crippen LogP contribution < -0.4 is 0 Å². The van der Waals surface area contributed by atoms with Crippen LogP contribution in [0.2, 0.25) is 0 Å². The molecule has 0 N–H and O–H groups in total. The zero-order valence-electron chi connectivity index (χ0n) is 16.7. The molecule has 0 saturated heterocycles. The van der Waals surface area contributed by atoms with Crippen molar-refractivity contribution >= 4 is 23.3 Å². The Morgan fingerprint density at radius 2 is 1.90 bits per heavy atom. The molecule has 2 heterocycles. The highest BCUT2D eigenvalue weighted by Gasteiger charge is 2.37. The zero-order valence-corrected chi connectivity index (χ0v) is 16.7. The van der Waals surface area contributed by atoms with Gasteiger partial charge in [0, 0.05) is 18.8 Å².